The molecule has 1 aromatic rings. The molecule has 0 radical (unpaired) electrons. The molecule has 3 unspecified atom stereocenters. The average molecular weight is 391 g/mol. The highest BCUT2D eigenvalue weighted by atomic mass is 16.5. The number of rotatable bonds is 9. The second-order valence-corrected chi connectivity index (χ2v) is 9.19. The van der Waals surface area contributed by atoms with Gasteiger partial charge in [-0.2, -0.15) is 0 Å². The number of hydrogen-bond donors (Lipinski definition) is 2. The van der Waals surface area contributed by atoms with E-state index in [2.05, 4.69) is 26.1 Å². The lowest BCUT2D eigenvalue weighted by molar-refractivity contribution is -0.170. The Morgan fingerprint density at radius 2 is 2.00 bits per heavy atom. The summed E-state index contributed by atoms with van der Waals surface area (Å²) in [7, 11) is 0. The Kier molecular flexibility index (Phi) is 7.16. The van der Waals surface area contributed by atoms with Gasteiger partial charge in [-0.05, 0) is 44.7 Å². The molecule has 2 rings (SSSR count). The van der Waals surface area contributed by atoms with Gasteiger partial charge in [0.1, 0.15) is 11.3 Å². The van der Waals surface area contributed by atoms with Crippen LogP contribution in [0.2, 0.25) is 0 Å². The number of carbonyl (C=O) groups excluding carboxylic acids is 1. The number of benzene rings is 1. The van der Waals surface area contributed by atoms with Gasteiger partial charge in [0.05, 0.1) is 12.2 Å². The van der Waals surface area contributed by atoms with Crippen molar-refractivity contribution in [3.05, 3.63) is 29.3 Å². The lowest BCUT2D eigenvalue weighted by Gasteiger charge is -2.57. The summed E-state index contributed by atoms with van der Waals surface area (Å²) in [6, 6.07) is 6.10. The third-order valence-corrected chi connectivity index (χ3v) is 6.03. The standard InChI is InChI=1S/C23H38N2O3/c1-8-27-20-13-23(24,22(20,6)7)21(26)25-14-18-10-9-16(4)12-19(18)28-17(5)11-15(2)3/h9-10,12,15,17,20H,8,11,13-14,24H2,1-7H3,(H,25,26). The van der Waals surface area contributed by atoms with Gasteiger partial charge in [0.25, 0.3) is 0 Å². The molecular formula is C23H38N2O3. The SMILES string of the molecule is CCOC1CC(N)(C(=O)NCc2ccc(C)cc2OC(C)CC(C)C)C1(C)C. The largest absolute Gasteiger partial charge is 0.490 e. The van der Waals surface area contributed by atoms with E-state index in [-0.39, 0.29) is 18.1 Å². The van der Waals surface area contributed by atoms with Gasteiger partial charge >= 0.3 is 0 Å². The Bertz CT molecular complexity index is 686. The maximum absolute atomic E-state index is 12.9. The van der Waals surface area contributed by atoms with Gasteiger partial charge in [-0.15, -0.1) is 0 Å². The minimum absolute atomic E-state index is 0.0170. The first-order valence-electron chi connectivity index (χ1n) is 10.5. The van der Waals surface area contributed by atoms with Crippen LogP contribution in [-0.2, 0) is 16.1 Å². The molecule has 0 aliphatic heterocycles. The van der Waals surface area contributed by atoms with Crippen molar-refractivity contribution in [2.45, 2.75) is 85.6 Å². The summed E-state index contributed by atoms with van der Waals surface area (Å²) >= 11 is 0. The Balaban J connectivity index is 2.05. The van der Waals surface area contributed by atoms with E-state index in [0.29, 0.717) is 25.5 Å². The van der Waals surface area contributed by atoms with Crippen molar-refractivity contribution in [2.75, 3.05) is 6.61 Å². The van der Waals surface area contributed by atoms with Crippen LogP contribution >= 0.6 is 0 Å². The minimum atomic E-state index is -0.913. The van der Waals surface area contributed by atoms with Crippen molar-refractivity contribution in [3.63, 3.8) is 0 Å². The molecule has 1 fully saturated rings. The van der Waals surface area contributed by atoms with E-state index in [9.17, 15) is 4.79 Å². The van der Waals surface area contributed by atoms with Crippen molar-refractivity contribution in [3.8, 4) is 5.75 Å². The number of nitrogens with two attached hydrogens (primary N) is 1. The third-order valence-electron chi connectivity index (χ3n) is 6.03. The van der Waals surface area contributed by atoms with Crippen LogP contribution in [0.3, 0.4) is 0 Å². The molecule has 28 heavy (non-hydrogen) atoms. The summed E-state index contributed by atoms with van der Waals surface area (Å²) in [6.07, 6.45) is 1.67. The summed E-state index contributed by atoms with van der Waals surface area (Å²) in [5.41, 5.74) is 7.28. The van der Waals surface area contributed by atoms with Crippen molar-refractivity contribution < 1.29 is 14.3 Å². The molecule has 1 aromatic carbocycles. The van der Waals surface area contributed by atoms with Gasteiger partial charge in [-0.1, -0.05) is 39.8 Å². The number of ether oxygens (including phenoxy) is 2. The molecule has 0 saturated heterocycles. The fourth-order valence-electron chi connectivity index (χ4n) is 4.00. The first kappa shape index (κ1) is 22.7. The molecule has 1 amide bonds. The van der Waals surface area contributed by atoms with Crippen molar-refractivity contribution >= 4 is 5.91 Å². The zero-order valence-electron chi connectivity index (χ0n) is 18.6. The molecule has 0 heterocycles. The van der Waals surface area contributed by atoms with E-state index < -0.39 is 11.0 Å². The molecule has 5 heteroatoms. The van der Waals surface area contributed by atoms with E-state index in [4.69, 9.17) is 15.2 Å². The van der Waals surface area contributed by atoms with Crippen LogP contribution in [0.15, 0.2) is 18.2 Å². The van der Waals surface area contributed by atoms with Gasteiger partial charge < -0.3 is 20.5 Å². The predicted octanol–water partition coefficient (Wildman–Crippen LogP) is 3.96. The van der Waals surface area contributed by atoms with E-state index in [1.165, 1.54) is 0 Å². The topological polar surface area (TPSA) is 73.6 Å². The summed E-state index contributed by atoms with van der Waals surface area (Å²) in [5, 5.41) is 3.03. The first-order chi connectivity index (χ1) is 13.0. The molecule has 0 bridgehead atoms. The lowest BCUT2D eigenvalue weighted by atomic mass is 9.54. The van der Waals surface area contributed by atoms with Crippen LogP contribution in [0.4, 0.5) is 0 Å². The van der Waals surface area contributed by atoms with Crippen molar-refractivity contribution in [1.82, 2.24) is 5.32 Å². The van der Waals surface area contributed by atoms with Crippen LogP contribution in [0.1, 0.15) is 65.5 Å². The molecule has 1 saturated carbocycles. The van der Waals surface area contributed by atoms with Gasteiger partial charge in [0, 0.05) is 30.6 Å². The van der Waals surface area contributed by atoms with Crippen LogP contribution in [0.5, 0.6) is 5.75 Å². The molecule has 158 valence electrons. The monoisotopic (exact) mass is 390 g/mol. The van der Waals surface area contributed by atoms with Crippen LogP contribution in [0.25, 0.3) is 0 Å². The van der Waals surface area contributed by atoms with Gasteiger partial charge in [0.2, 0.25) is 5.91 Å². The summed E-state index contributed by atoms with van der Waals surface area (Å²) in [5.74, 6) is 1.27. The van der Waals surface area contributed by atoms with Crippen molar-refractivity contribution in [1.29, 1.82) is 0 Å². The van der Waals surface area contributed by atoms with E-state index in [1.807, 2.05) is 45.9 Å². The Morgan fingerprint density at radius 3 is 2.57 bits per heavy atom. The average Bonchev–Trinajstić information content (AvgIpc) is 2.59. The van der Waals surface area contributed by atoms with Crippen LogP contribution in [0, 0.1) is 18.3 Å². The molecule has 3 N–H and O–H groups in total. The third kappa shape index (κ3) is 4.69. The fraction of sp³-hybridized carbons (Fsp3) is 0.696. The second-order valence-electron chi connectivity index (χ2n) is 9.19. The Morgan fingerprint density at radius 1 is 1.32 bits per heavy atom. The molecule has 5 nitrogen and oxygen atoms in total. The van der Waals surface area contributed by atoms with E-state index in [0.717, 1.165) is 23.3 Å². The van der Waals surface area contributed by atoms with E-state index in [1.54, 1.807) is 0 Å². The smallest absolute Gasteiger partial charge is 0.241 e. The van der Waals surface area contributed by atoms with Crippen LogP contribution < -0.4 is 15.8 Å². The van der Waals surface area contributed by atoms with Gasteiger partial charge in [-0.25, -0.2) is 0 Å². The summed E-state index contributed by atoms with van der Waals surface area (Å²) in [6.45, 7) is 15.5. The number of carbonyl (C=O) groups is 1. The number of amides is 1. The molecule has 0 spiro atoms. The van der Waals surface area contributed by atoms with E-state index >= 15 is 0 Å². The summed E-state index contributed by atoms with van der Waals surface area (Å²) < 4.78 is 11.9. The highest BCUT2D eigenvalue weighted by Gasteiger charge is 2.62. The fourth-order valence-corrected chi connectivity index (χ4v) is 4.00. The summed E-state index contributed by atoms with van der Waals surface area (Å²) in [4.78, 5) is 12.9. The Hall–Kier alpha value is -1.59. The Labute approximate surface area is 170 Å². The predicted molar refractivity (Wildman–Crippen MR) is 113 cm³/mol. The highest BCUT2D eigenvalue weighted by Crippen LogP contribution is 2.49. The number of hydrogen-bond acceptors (Lipinski definition) is 4. The van der Waals surface area contributed by atoms with Gasteiger partial charge in [-0.3, -0.25) is 4.79 Å². The number of aryl methyl sites for hydroxylation is 1. The van der Waals surface area contributed by atoms with Crippen LogP contribution in [-0.4, -0.2) is 30.3 Å². The van der Waals surface area contributed by atoms with Gasteiger partial charge in [0.15, 0.2) is 0 Å². The zero-order chi connectivity index (χ0) is 21.1. The van der Waals surface area contributed by atoms with Crippen molar-refractivity contribution in [2.24, 2.45) is 17.1 Å². The first-order valence-corrected chi connectivity index (χ1v) is 10.5. The zero-order valence-corrected chi connectivity index (χ0v) is 18.6. The molecule has 1 aliphatic carbocycles. The molecule has 1 aliphatic rings. The maximum Gasteiger partial charge on any atom is 0.241 e. The number of nitrogens with one attached hydrogen (secondary N) is 1. The lowest BCUT2D eigenvalue weighted by Crippen LogP contribution is -2.75. The maximum atomic E-state index is 12.9. The quantitative estimate of drug-likeness (QED) is 0.669. The molecule has 0 aromatic heterocycles. The molecular weight excluding hydrogens is 352 g/mol. The molecule has 3 atom stereocenters. The second kappa shape index (κ2) is 8.83. The minimum Gasteiger partial charge on any atom is -0.490 e. The normalized spacial score (nSPS) is 24.5. The highest BCUT2D eigenvalue weighted by molar-refractivity contribution is 5.88.